The van der Waals surface area contributed by atoms with Gasteiger partial charge in [-0.1, -0.05) is 56.8 Å². The average molecular weight is 456 g/mol. The van der Waals surface area contributed by atoms with Crippen molar-refractivity contribution in [3.05, 3.63) is 36.9 Å². The zero-order chi connectivity index (χ0) is 23.3. The number of benzene rings is 1. The van der Waals surface area contributed by atoms with E-state index in [1.54, 1.807) is 0 Å². The van der Waals surface area contributed by atoms with Crippen LogP contribution in [0.5, 0.6) is 0 Å². The Kier molecular flexibility index (Phi) is 7.84. The Bertz CT molecular complexity index is 1130. The van der Waals surface area contributed by atoms with Crippen molar-refractivity contribution in [3.8, 4) is 0 Å². The van der Waals surface area contributed by atoms with Gasteiger partial charge in [0, 0.05) is 11.9 Å². The Morgan fingerprint density at radius 2 is 2.03 bits per heavy atom. The fraction of sp³-hybridized carbons (Fsp3) is 0.435. The number of methoxy groups -OCH3 is 1. The van der Waals surface area contributed by atoms with Crippen LogP contribution >= 0.6 is 11.8 Å². The van der Waals surface area contributed by atoms with Gasteiger partial charge in [-0.25, -0.2) is 9.78 Å². The van der Waals surface area contributed by atoms with Crippen LogP contribution in [0.4, 0.5) is 0 Å². The molecule has 0 radical (unpaired) electrons. The van der Waals surface area contributed by atoms with Crippen molar-refractivity contribution in [2.24, 2.45) is 5.92 Å². The molecule has 0 bridgehead atoms. The predicted molar refractivity (Wildman–Crippen MR) is 126 cm³/mol. The number of esters is 1. The first kappa shape index (κ1) is 23.7. The van der Waals surface area contributed by atoms with E-state index in [0.29, 0.717) is 35.7 Å². The highest BCUT2D eigenvalue weighted by atomic mass is 32.2. The summed E-state index contributed by atoms with van der Waals surface area (Å²) in [6.45, 7) is 10.3. The normalized spacial score (nSPS) is 13.3. The fourth-order valence-corrected chi connectivity index (χ4v) is 4.42. The molecule has 2 aromatic heterocycles. The summed E-state index contributed by atoms with van der Waals surface area (Å²) in [6.07, 6.45) is 2.86. The van der Waals surface area contributed by atoms with Gasteiger partial charge in [-0.05, 0) is 24.8 Å². The van der Waals surface area contributed by atoms with Crippen molar-refractivity contribution in [2.45, 2.75) is 56.6 Å². The first-order valence-corrected chi connectivity index (χ1v) is 11.5. The minimum absolute atomic E-state index is 0.230. The van der Waals surface area contributed by atoms with Crippen LogP contribution in [0.1, 0.15) is 33.6 Å². The molecule has 0 aliphatic heterocycles. The fourth-order valence-electron chi connectivity index (χ4n) is 3.59. The largest absolute Gasteiger partial charge is 0.467 e. The second kappa shape index (κ2) is 10.6. The number of carbonyl (C=O) groups is 2. The number of nitrogens with one attached hydrogen (secondary N) is 1. The molecular weight excluding hydrogens is 426 g/mol. The Morgan fingerprint density at radius 3 is 2.69 bits per heavy atom. The van der Waals surface area contributed by atoms with E-state index < -0.39 is 17.3 Å². The molecule has 32 heavy (non-hydrogen) atoms. The molecule has 2 unspecified atom stereocenters. The van der Waals surface area contributed by atoms with Gasteiger partial charge in [0.2, 0.25) is 11.1 Å². The molecule has 1 aromatic carbocycles. The van der Waals surface area contributed by atoms with E-state index in [2.05, 4.69) is 22.1 Å². The third kappa shape index (κ3) is 5.09. The molecule has 8 nitrogen and oxygen atoms in total. The van der Waals surface area contributed by atoms with E-state index in [9.17, 15) is 9.59 Å². The number of amides is 1. The molecule has 0 saturated heterocycles. The van der Waals surface area contributed by atoms with E-state index in [0.717, 1.165) is 10.9 Å². The number of allylic oxidation sites excluding steroid dienone is 1. The van der Waals surface area contributed by atoms with Gasteiger partial charge in [0.15, 0.2) is 5.65 Å². The number of hydrogen-bond acceptors (Lipinski definition) is 7. The summed E-state index contributed by atoms with van der Waals surface area (Å²) in [7, 11) is 1.32. The number of fused-ring (bicyclic) bond motifs is 3. The zero-order valence-electron chi connectivity index (χ0n) is 18.9. The summed E-state index contributed by atoms with van der Waals surface area (Å²) >= 11 is 1.24. The smallest absolute Gasteiger partial charge is 0.328 e. The summed E-state index contributed by atoms with van der Waals surface area (Å²) < 4.78 is 6.89. The van der Waals surface area contributed by atoms with E-state index in [4.69, 9.17) is 9.72 Å². The second-order valence-electron chi connectivity index (χ2n) is 7.91. The Balaban J connectivity index is 1.87. The molecule has 0 aliphatic carbocycles. The monoisotopic (exact) mass is 455 g/mol. The van der Waals surface area contributed by atoms with Crippen LogP contribution in [0.15, 0.2) is 42.1 Å². The number of ether oxygens (including phenoxy) is 1. The quantitative estimate of drug-likeness (QED) is 0.282. The summed E-state index contributed by atoms with van der Waals surface area (Å²) in [6, 6.07) is 7.25. The SMILES string of the molecule is C=CCn1c2ccccc2c2nnc(SC(CC)C(=O)NC(CC(C)C)C(=O)OC)nc21. The van der Waals surface area contributed by atoms with E-state index in [1.807, 2.05) is 55.7 Å². The first-order valence-electron chi connectivity index (χ1n) is 10.7. The molecule has 1 amide bonds. The van der Waals surface area contributed by atoms with E-state index in [1.165, 1.54) is 18.9 Å². The first-order chi connectivity index (χ1) is 15.4. The van der Waals surface area contributed by atoms with Crippen molar-refractivity contribution < 1.29 is 14.3 Å². The summed E-state index contributed by atoms with van der Waals surface area (Å²) in [5, 5.41) is 12.4. The minimum atomic E-state index is -0.682. The van der Waals surface area contributed by atoms with Gasteiger partial charge in [-0.3, -0.25) is 4.79 Å². The molecule has 0 saturated carbocycles. The Labute approximate surface area is 191 Å². The maximum absolute atomic E-state index is 12.9. The van der Waals surface area contributed by atoms with Crippen molar-refractivity contribution >= 4 is 45.7 Å². The molecule has 3 rings (SSSR count). The molecule has 2 atom stereocenters. The highest BCUT2D eigenvalue weighted by Gasteiger charge is 2.27. The van der Waals surface area contributed by atoms with Gasteiger partial charge in [0.05, 0.1) is 17.9 Å². The molecule has 0 aliphatic rings. The van der Waals surface area contributed by atoms with Gasteiger partial charge in [0.1, 0.15) is 11.6 Å². The number of nitrogens with zero attached hydrogens (tertiary/aromatic N) is 4. The number of carbonyl (C=O) groups excluding carboxylic acids is 2. The van der Waals surface area contributed by atoms with Gasteiger partial charge in [-0.2, -0.15) is 0 Å². The Morgan fingerprint density at radius 1 is 1.28 bits per heavy atom. The van der Waals surface area contributed by atoms with Gasteiger partial charge in [-0.15, -0.1) is 16.8 Å². The highest BCUT2D eigenvalue weighted by Crippen LogP contribution is 2.29. The molecule has 0 spiro atoms. The van der Waals surface area contributed by atoms with Crippen LogP contribution in [0, 0.1) is 5.92 Å². The lowest BCUT2D eigenvalue weighted by atomic mass is 10.0. The second-order valence-corrected chi connectivity index (χ2v) is 9.08. The number of hydrogen-bond donors (Lipinski definition) is 1. The maximum Gasteiger partial charge on any atom is 0.328 e. The number of thioether (sulfide) groups is 1. The highest BCUT2D eigenvalue weighted by molar-refractivity contribution is 8.00. The van der Waals surface area contributed by atoms with Gasteiger partial charge >= 0.3 is 5.97 Å². The van der Waals surface area contributed by atoms with Crippen LogP contribution in [-0.2, 0) is 20.9 Å². The van der Waals surface area contributed by atoms with Crippen LogP contribution in [0.2, 0.25) is 0 Å². The lowest BCUT2D eigenvalue weighted by molar-refractivity contribution is -0.145. The van der Waals surface area contributed by atoms with Crippen LogP contribution in [-0.4, -0.2) is 50.0 Å². The minimum Gasteiger partial charge on any atom is -0.467 e. The van der Waals surface area contributed by atoms with Crippen molar-refractivity contribution in [2.75, 3.05) is 7.11 Å². The van der Waals surface area contributed by atoms with Gasteiger partial charge < -0.3 is 14.6 Å². The molecule has 2 heterocycles. The predicted octanol–water partition coefficient (Wildman–Crippen LogP) is 3.74. The lowest BCUT2D eigenvalue weighted by Crippen LogP contribution is -2.45. The molecule has 170 valence electrons. The summed E-state index contributed by atoms with van der Waals surface area (Å²) in [4.78, 5) is 29.7. The van der Waals surface area contributed by atoms with Crippen LogP contribution in [0.25, 0.3) is 22.1 Å². The van der Waals surface area contributed by atoms with E-state index >= 15 is 0 Å². The van der Waals surface area contributed by atoms with Crippen molar-refractivity contribution in [1.29, 1.82) is 0 Å². The maximum atomic E-state index is 12.9. The Hall–Kier alpha value is -2.94. The molecule has 0 fully saturated rings. The van der Waals surface area contributed by atoms with Crippen LogP contribution in [0.3, 0.4) is 0 Å². The standard InChI is InChI=1S/C23H29N5O3S/c1-6-12-28-17-11-9-8-10-15(17)19-20(28)25-23(27-26-19)32-18(7-2)21(29)24-16(13-14(3)4)22(30)31-5/h6,8-11,14,16,18H,1,7,12-13H2,2-5H3,(H,24,29). The van der Waals surface area contributed by atoms with E-state index in [-0.39, 0.29) is 11.8 Å². The molecule has 9 heteroatoms. The molecule has 1 N–H and O–H groups in total. The van der Waals surface area contributed by atoms with Crippen molar-refractivity contribution in [3.63, 3.8) is 0 Å². The summed E-state index contributed by atoms with van der Waals surface area (Å²) in [5.41, 5.74) is 2.42. The number of para-hydroxylation sites is 1. The third-order valence-corrected chi connectivity index (χ3v) is 6.30. The zero-order valence-corrected chi connectivity index (χ0v) is 19.7. The average Bonchev–Trinajstić information content (AvgIpc) is 3.09. The molecule has 3 aromatic rings. The lowest BCUT2D eigenvalue weighted by Gasteiger charge is -2.21. The van der Waals surface area contributed by atoms with Crippen LogP contribution < -0.4 is 5.32 Å². The summed E-state index contributed by atoms with van der Waals surface area (Å²) in [5.74, 6) is -0.460. The third-order valence-electron chi connectivity index (χ3n) is 5.09. The van der Waals surface area contributed by atoms with Gasteiger partial charge in [0.25, 0.3) is 0 Å². The number of aromatic nitrogens is 4. The molecular formula is C23H29N5O3S. The topological polar surface area (TPSA) is 99.0 Å². The van der Waals surface area contributed by atoms with Crippen molar-refractivity contribution in [1.82, 2.24) is 25.1 Å². The number of rotatable bonds is 10.